The van der Waals surface area contributed by atoms with Gasteiger partial charge >= 0.3 is 0 Å². The van der Waals surface area contributed by atoms with Gasteiger partial charge in [0, 0.05) is 29.2 Å². The van der Waals surface area contributed by atoms with Crippen molar-refractivity contribution in [3.05, 3.63) is 71.3 Å². The summed E-state index contributed by atoms with van der Waals surface area (Å²) in [6.45, 7) is 2.66. The third-order valence-electron chi connectivity index (χ3n) is 3.72. The number of para-hydroxylation sites is 1. The predicted octanol–water partition coefficient (Wildman–Crippen LogP) is 4.41. The quantitative estimate of drug-likeness (QED) is 0.818. The van der Waals surface area contributed by atoms with Crippen LogP contribution in [0.2, 0.25) is 5.02 Å². The Balaban J connectivity index is 2.06. The van der Waals surface area contributed by atoms with Crippen LogP contribution in [-0.4, -0.2) is 12.3 Å². The van der Waals surface area contributed by atoms with E-state index >= 15 is 0 Å². The van der Waals surface area contributed by atoms with Gasteiger partial charge in [0.25, 0.3) is 0 Å². The minimum Gasteiger partial charge on any atom is -0.340 e. The van der Waals surface area contributed by atoms with E-state index in [2.05, 4.69) is 17.0 Å². The van der Waals surface area contributed by atoms with Gasteiger partial charge in [-0.1, -0.05) is 48.9 Å². The third-order valence-corrected chi connectivity index (χ3v) is 3.97. The van der Waals surface area contributed by atoms with Crippen molar-refractivity contribution >= 4 is 28.8 Å². The van der Waals surface area contributed by atoms with E-state index in [9.17, 15) is 4.79 Å². The summed E-state index contributed by atoms with van der Waals surface area (Å²) in [4.78, 5) is 14.3. The second kappa shape index (κ2) is 5.74. The van der Waals surface area contributed by atoms with E-state index in [1.165, 1.54) is 0 Å². The Labute approximate surface area is 129 Å². The van der Waals surface area contributed by atoms with Gasteiger partial charge in [-0.25, -0.2) is 0 Å². The minimum atomic E-state index is 0.00116. The number of rotatable bonds is 2. The van der Waals surface area contributed by atoms with Crippen LogP contribution in [0.1, 0.15) is 12.5 Å². The Kier molecular flexibility index (Phi) is 3.80. The number of carbonyl (C=O) groups excluding carboxylic acids is 1. The number of hydrogen-bond donors (Lipinski definition) is 0. The van der Waals surface area contributed by atoms with E-state index in [0.717, 1.165) is 16.9 Å². The monoisotopic (exact) mass is 297 g/mol. The van der Waals surface area contributed by atoms with E-state index in [4.69, 9.17) is 11.6 Å². The molecule has 2 aromatic rings. The molecule has 1 atom stereocenters. The Hall–Kier alpha value is -2.06. The molecule has 0 saturated carbocycles. The molecule has 1 heterocycles. The highest BCUT2D eigenvalue weighted by Crippen LogP contribution is 2.31. The zero-order valence-corrected chi connectivity index (χ0v) is 12.5. The average molecular weight is 298 g/mol. The van der Waals surface area contributed by atoms with E-state index in [1.54, 1.807) is 6.08 Å². The molecule has 2 aromatic carbocycles. The molecular weight excluding hydrogens is 282 g/mol. The van der Waals surface area contributed by atoms with Gasteiger partial charge in [-0.05, 0) is 29.8 Å². The lowest BCUT2D eigenvalue weighted by Gasteiger charge is -2.33. The molecule has 0 bridgehead atoms. The fourth-order valence-corrected chi connectivity index (χ4v) is 2.66. The second-order valence-electron chi connectivity index (χ2n) is 5.29. The number of carbonyl (C=O) groups is 1. The van der Waals surface area contributed by atoms with Gasteiger partial charge in [0.05, 0.1) is 5.70 Å². The van der Waals surface area contributed by atoms with Crippen LogP contribution in [0.3, 0.4) is 0 Å². The normalized spacial score (nSPS) is 18.6. The SMILES string of the molecule is CC1CN(c2ccccc2)C(c2ccc(Cl)cc2)=CC1=O. The molecule has 1 unspecified atom stereocenters. The van der Waals surface area contributed by atoms with Crippen molar-refractivity contribution in [3.8, 4) is 0 Å². The number of allylic oxidation sites excluding steroid dienone is 1. The lowest BCUT2D eigenvalue weighted by Crippen LogP contribution is -2.35. The standard InChI is InChI=1S/C18H16ClNO/c1-13-12-20(16-5-3-2-4-6-16)17(11-18(13)21)14-7-9-15(19)10-8-14/h2-11,13H,12H2,1H3. The van der Waals surface area contributed by atoms with Gasteiger partial charge in [0.1, 0.15) is 0 Å². The molecule has 1 aliphatic heterocycles. The summed E-state index contributed by atoms with van der Waals surface area (Å²) in [5, 5.41) is 0.695. The summed E-state index contributed by atoms with van der Waals surface area (Å²) in [5.41, 5.74) is 3.03. The first-order valence-electron chi connectivity index (χ1n) is 6.99. The summed E-state index contributed by atoms with van der Waals surface area (Å²) in [5.74, 6) is 0.174. The summed E-state index contributed by atoms with van der Waals surface area (Å²) in [7, 11) is 0. The number of nitrogens with zero attached hydrogens (tertiary/aromatic N) is 1. The fraction of sp³-hybridized carbons (Fsp3) is 0.167. The highest BCUT2D eigenvalue weighted by Gasteiger charge is 2.26. The molecule has 0 radical (unpaired) electrons. The first kappa shape index (κ1) is 13.9. The Morgan fingerprint density at radius 1 is 1.05 bits per heavy atom. The van der Waals surface area contributed by atoms with Crippen LogP contribution in [0, 0.1) is 5.92 Å². The van der Waals surface area contributed by atoms with E-state index in [0.29, 0.717) is 11.6 Å². The predicted molar refractivity (Wildman–Crippen MR) is 87.4 cm³/mol. The van der Waals surface area contributed by atoms with Gasteiger partial charge in [-0.15, -0.1) is 0 Å². The van der Waals surface area contributed by atoms with Crippen molar-refractivity contribution < 1.29 is 4.79 Å². The molecule has 0 N–H and O–H groups in total. The Morgan fingerprint density at radius 2 is 1.71 bits per heavy atom. The average Bonchev–Trinajstić information content (AvgIpc) is 2.51. The van der Waals surface area contributed by atoms with E-state index < -0.39 is 0 Å². The molecule has 3 rings (SSSR count). The maximum Gasteiger partial charge on any atom is 0.162 e. The molecule has 0 amide bonds. The van der Waals surface area contributed by atoms with Crippen molar-refractivity contribution in [1.29, 1.82) is 0 Å². The highest BCUT2D eigenvalue weighted by molar-refractivity contribution is 6.30. The van der Waals surface area contributed by atoms with Crippen LogP contribution in [0.5, 0.6) is 0 Å². The van der Waals surface area contributed by atoms with Crippen molar-refractivity contribution in [3.63, 3.8) is 0 Å². The summed E-state index contributed by atoms with van der Waals surface area (Å²) < 4.78 is 0. The molecule has 21 heavy (non-hydrogen) atoms. The molecule has 0 spiro atoms. The van der Waals surface area contributed by atoms with Gasteiger partial charge in [-0.3, -0.25) is 4.79 Å². The van der Waals surface area contributed by atoms with Crippen molar-refractivity contribution in [2.45, 2.75) is 6.92 Å². The van der Waals surface area contributed by atoms with Crippen LogP contribution in [0.25, 0.3) is 5.70 Å². The number of hydrogen-bond acceptors (Lipinski definition) is 2. The molecule has 2 nitrogen and oxygen atoms in total. The van der Waals surface area contributed by atoms with E-state index in [1.807, 2.05) is 49.4 Å². The molecule has 0 aliphatic carbocycles. The van der Waals surface area contributed by atoms with Gasteiger partial charge < -0.3 is 4.90 Å². The molecule has 1 aliphatic rings. The molecular formula is C18H16ClNO. The number of ketones is 1. The Bertz CT molecular complexity index is 676. The third kappa shape index (κ3) is 2.86. The molecule has 3 heteroatoms. The molecule has 0 fully saturated rings. The van der Waals surface area contributed by atoms with Crippen LogP contribution >= 0.6 is 11.6 Å². The summed E-state index contributed by atoms with van der Waals surface area (Å²) in [6, 6.07) is 17.7. The molecule has 106 valence electrons. The zero-order valence-electron chi connectivity index (χ0n) is 11.8. The van der Waals surface area contributed by atoms with Crippen molar-refractivity contribution in [2.75, 3.05) is 11.4 Å². The number of benzene rings is 2. The van der Waals surface area contributed by atoms with Crippen LogP contribution < -0.4 is 4.90 Å². The van der Waals surface area contributed by atoms with Crippen molar-refractivity contribution in [2.24, 2.45) is 5.92 Å². The largest absolute Gasteiger partial charge is 0.340 e. The van der Waals surface area contributed by atoms with Gasteiger partial charge in [0.2, 0.25) is 0 Å². The van der Waals surface area contributed by atoms with Crippen LogP contribution in [0.4, 0.5) is 5.69 Å². The lowest BCUT2D eigenvalue weighted by molar-refractivity contribution is -0.117. The number of halogens is 1. The maximum atomic E-state index is 12.1. The molecule has 0 saturated heterocycles. The maximum absolute atomic E-state index is 12.1. The van der Waals surface area contributed by atoms with Crippen LogP contribution in [0.15, 0.2) is 60.7 Å². The van der Waals surface area contributed by atoms with E-state index in [-0.39, 0.29) is 11.7 Å². The minimum absolute atomic E-state index is 0.00116. The highest BCUT2D eigenvalue weighted by atomic mass is 35.5. The van der Waals surface area contributed by atoms with Gasteiger partial charge in [0.15, 0.2) is 5.78 Å². The smallest absolute Gasteiger partial charge is 0.162 e. The first-order valence-corrected chi connectivity index (χ1v) is 7.37. The first-order chi connectivity index (χ1) is 10.1. The summed E-state index contributed by atoms with van der Waals surface area (Å²) >= 11 is 5.96. The number of anilines is 1. The topological polar surface area (TPSA) is 20.3 Å². The molecule has 0 aromatic heterocycles. The summed E-state index contributed by atoms with van der Waals surface area (Å²) in [6.07, 6.45) is 1.74. The Morgan fingerprint density at radius 3 is 2.38 bits per heavy atom. The van der Waals surface area contributed by atoms with Crippen LogP contribution in [-0.2, 0) is 4.79 Å². The zero-order chi connectivity index (χ0) is 14.8. The van der Waals surface area contributed by atoms with Crippen molar-refractivity contribution in [1.82, 2.24) is 0 Å². The fourth-order valence-electron chi connectivity index (χ4n) is 2.53. The van der Waals surface area contributed by atoms with Gasteiger partial charge in [-0.2, -0.15) is 0 Å². The second-order valence-corrected chi connectivity index (χ2v) is 5.72. The lowest BCUT2D eigenvalue weighted by atomic mass is 9.96.